The summed E-state index contributed by atoms with van der Waals surface area (Å²) in [6, 6.07) is 0. The predicted octanol–water partition coefficient (Wildman–Crippen LogP) is 2.86. The van der Waals surface area contributed by atoms with Gasteiger partial charge in [0.25, 0.3) is 0 Å². The summed E-state index contributed by atoms with van der Waals surface area (Å²) in [4.78, 5) is 12.2. The van der Waals surface area contributed by atoms with E-state index in [0.717, 1.165) is 0 Å². The zero-order valence-corrected chi connectivity index (χ0v) is 25.1. The van der Waals surface area contributed by atoms with Gasteiger partial charge in [0.1, 0.15) is 17.8 Å². The van der Waals surface area contributed by atoms with Gasteiger partial charge < -0.3 is 39.4 Å². The molecule has 9 nitrogen and oxygen atoms in total. The molecule has 1 aliphatic rings. The van der Waals surface area contributed by atoms with Gasteiger partial charge in [0.05, 0.1) is 23.9 Å². The first kappa shape index (κ1) is 35.0. The van der Waals surface area contributed by atoms with Crippen LogP contribution in [0.4, 0.5) is 0 Å². The Morgan fingerprint density at radius 3 is 1.92 bits per heavy atom. The Morgan fingerprint density at radius 1 is 0.974 bits per heavy atom. The van der Waals surface area contributed by atoms with E-state index in [9.17, 15) is 25.2 Å². The van der Waals surface area contributed by atoms with Crippen LogP contribution in [0.2, 0.25) is 0 Å². The van der Waals surface area contributed by atoms with Crippen LogP contribution in [0.25, 0.3) is 0 Å². The lowest BCUT2D eigenvalue weighted by atomic mass is 9.67. The molecule has 0 radical (unpaired) electrons. The van der Waals surface area contributed by atoms with Crippen LogP contribution in [-0.2, 0) is 23.7 Å². The van der Waals surface area contributed by atoms with E-state index in [-0.39, 0.29) is 37.4 Å². The van der Waals surface area contributed by atoms with Crippen LogP contribution in [-0.4, -0.2) is 94.0 Å². The molecule has 4 N–H and O–H groups in total. The Labute approximate surface area is 229 Å². The van der Waals surface area contributed by atoms with Crippen molar-refractivity contribution in [1.82, 2.24) is 0 Å². The van der Waals surface area contributed by atoms with Gasteiger partial charge in [-0.15, -0.1) is 0 Å². The third-order valence-electron chi connectivity index (χ3n) is 6.73. The summed E-state index contributed by atoms with van der Waals surface area (Å²) in [7, 11) is 0. The summed E-state index contributed by atoms with van der Waals surface area (Å²) < 4.78 is 24.1. The Morgan fingerprint density at radius 2 is 1.47 bits per heavy atom. The molecule has 0 aromatic heterocycles. The van der Waals surface area contributed by atoms with E-state index in [1.807, 2.05) is 41.5 Å². The minimum absolute atomic E-state index is 0.0152. The van der Waals surface area contributed by atoms with Crippen LogP contribution in [0.5, 0.6) is 0 Å². The van der Waals surface area contributed by atoms with E-state index in [1.54, 1.807) is 0 Å². The fourth-order valence-electron chi connectivity index (χ4n) is 4.61. The fraction of sp³-hybridized carbons (Fsp3) is 0.897. The van der Waals surface area contributed by atoms with E-state index in [2.05, 4.69) is 6.58 Å². The zero-order valence-electron chi connectivity index (χ0n) is 25.1. The number of carbonyl (C=O) groups excluding carboxylic acids is 1. The molecule has 0 aliphatic heterocycles. The highest BCUT2D eigenvalue weighted by atomic mass is 16.6. The highest BCUT2D eigenvalue weighted by Gasteiger charge is 2.60. The third kappa shape index (κ3) is 9.84. The Kier molecular flexibility index (Phi) is 13.4. The van der Waals surface area contributed by atoms with Gasteiger partial charge in [0, 0.05) is 39.1 Å². The van der Waals surface area contributed by atoms with Crippen molar-refractivity contribution in [3.8, 4) is 0 Å². The maximum atomic E-state index is 12.2. The number of ether oxygens (including phenoxy) is 4. The van der Waals surface area contributed by atoms with Crippen LogP contribution in [0, 0.1) is 23.7 Å². The SMILES string of the molecule is C=C(C(CC(O)C(C)(C)O)OCC(C)C)[C@H]1[C@H](O)[C@H](OCC(C)C)[C@@](C)(O)[C@@H](OC(C)=O)[C@H]1OCC(C)C. The normalized spacial score (nSPS) is 30.1. The lowest BCUT2D eigenvalue weighted by Crippen LogP contribution is -2.70. The van der Waals surface area contributed by atoms with Crippen LogP contribution in [0.3, 0.4) is 0 Å². The molecule has 0 heterocycles. The minimum atomic E-state index is -1.78. The largest absolute Gasteiger partial charge is 0.457 e. The molecule has 2 unspecified atom stereocenters. The van der Waals surface area contributed by atoms with Gasteiger partial charge in [-0.05, 0) is 44.1 Å². The van der Waals surface area contributed by atoms with Crippen molar-refractivity contribution in [2.45, 2.75) is 123 Å². The average molecular weight is 547 g/mol. The fourth-order valence-corrected chi connectivity index (χ4v) is 4.61. The molecule has 1 saturated carbocycles. The van der Waals surface area contributed by atoms with E-state index >= 15 is 0 Å². The maximum absolute atomic E-state index is 12.2. The molecule has 0 spiro atoms. The molecule has 1 aliphatic carbocycles. The Balaban J connectivity index is 3.62. The molecule has 9 heteroatoms. The Bertz CT molecular complexity index is 741. The quantitative estimate of drug-likeness (QED) is 0.181. The molecule has 1 fully saturated rings. The van der Waals surface area contributed by atoms with E-state index in [1.165, 1.54) is 27.7 Å². The summed E-state index contributed by atoms with van der Waals surface area (Å²) >= 11 is 0. The van der Waals surface area contributed by atoms with Crippen molar-refractivity contribution in [3.63, 3.8) is 0 Å². The molecule has 0 amide bonds. The standard InChI is InChI=1S/C29H54O9/c1-16(2)13-35-21(12-22(31)28(9,10)33)19(7)23-24(32)26(37-15-18(5)6)29(11,34)27(38-20(8)30)25(23)36-14-17(3)4/h16-18,21-27,31-34H,7,12-15H2,1-6,8-11H3/t21?,22?,23-,24-,25-,26-,27-,29+/m0/s1. The lowest BCUT2D eigenvalue weighted by molar-refractivity contribution is -0.272. The molecule has 38 heavy (non-hydrogen) atoms. The topological polar surface area (TPSA) is 135 Å². The molecule has 1 rings (SSSR count). The molecular weight excluding hydrogens is 492 g/mol. The van der Waals surface area contributed by atoms with Crippen LogP contribution >= 0.6 is 0 Å². The third-order valence-corrected chi connectivity index (χ3v) is 6.73. The number of carbonyl (C=O) groups is 1. The molecule has 0 saturated heterocycles. The van der Waals surface area contributed by atoms with Crippen molar-refractivity contribution in [3.05, 3.63) is 12.2 Å². The summed E-state index contributed by atoms with van der Waals surface area (Å²) in [5, 5.41) is 44.5. The van der Waals surface area contributed by atoms with Gasteiger partial charge in [-0.2, -0.15) is 0 Å². The van der Waals surface area contributed by atoms with Crippen molar-refractivity contribution >= 4 is 5.97 Å². The van der Waals surface area contributed by atoms with Crippen molar-refractivity contribution in [2.24, 2.45) is 23.7 Å². The van der Waals surface area contributed by atoms with Crippen molar-refractivity contribution in [2.75, 3.05) is 19.8 Å². The Hall–Kier alpha value is -1.07. The lowest BCUT2D eigenvalue weighted by Gasteiger charge is -2.53. The first-order valence-corrected chi connectivity index (χ1v) is 13.8. The highest BCUT2D eigenvalue weighted by Crippen LogP contribution is 2.43. The number of aliphatic hydroxyl groups excluding tert-OH is 2. The number of hydrogen-bond acceptors (Lipinski definition) is 9. The molecule has 224 valence electrons. The highest BCUT2D eigenvalue weighted by molar-refractivity contribution is 5.66. The maximum Gasteiger partial charge on any atom is 0.303 e. The average Bonchev–Trinajstić information content (AvgIpc) is 2.75. The van der Waals surface area contributed by atoms with E-state index in [0.29, 0.717) is 12.2 Å². The minimum Gasteiger partial charge on any atom is -0.457 e. The molecule has 0 bridgehead atoms. The van der Waals surface area contributed by atoms with Gasteiger partial charge in [-0.3, -0.25) is 4.79 Å². The monoisotopic (exact) mass is 546 g/mol. The number of rotatable bonds is 15. The molecule has 0 aromatic rings. The summed E-state index contributed by atoms with van der Waals surface area (Å²) in [5.74, 6) is -1.08. The first-order chi connectivity index (χ1) is 17.3. The summed E-state index contributed by atoms with van der Waals surface area (Å²) in [6.07, 6.45) is -6.46. The smallest absolute Gasteiger partial charge is 0.303 e. The van der Waals surface area contributed by atoms with Crippen LogP contribution in [0.1, 0.15) is 75.7 Å². The van der Waals surface area contributed by atoms with Gasteiger partial charge in [-0.1, -0.05) is 48.1 Å². The van der Waals surface area contributed by atoms with E-state index in [4.69, 9.17) is 18.9 Å². The second-order valence-corrected chi connectivity index (χ2v) is 12.8. The number of aliphatic hydroxyl groups is 4. The van der Waals surface area contributed by atoms with Gasteiger partial charge in [-0.25, -0.2) is 0 Å². The van der Waals surface area contributed by atoms with Gasteiger partial charge >= 0.3 is 5.97 Å². The number of hydrogen-bond donors (Lipinski definition) is 4. The molecule has 0 aromatic carbocycles. The number of esters is 1. The summed E-state index contributed by atoms with van der Waals surface area (Å²) in [5.41, 5.74) is -2.77. The summed E-state index contributed by atoms with van der Waals surface area (Å²) in [6.45, 7) is 22.7. The van der Waals surface area contributed by atoms with Crippen molar-refractivity contribution in [1.29, 1.82) is 0 Å². The molecule has 8 atom stereocenters. The van der Waals surface area contributed by atoms with Crippen LogP contribution < -0.4 is 0 Å². The first-order valence-electron chi connectivity index (χ1n) is 13.8. The van der Waals surface area contributed by atoms with Gasteiger partial charge in [0.2, 0.25) is 0 Å². The second kappa shape index (κ2) is 14.5. The van der Waals surface area contributed by atoms with Crippen molar-refractivity contribution < 1.29 is 44.2 Å². The molecular formula is C29H54O9. The van der Waals surface area contributed by atoms with Crippen LogP contribution in [0.15, 0.2) is 12.2 Å². The predicted molar refractivity (Wildman–Crippen MR) is 145 cm³/mol. The second-order valence-electron chi connectivity index (χ2n) is 12.8. The zero-order chi connectivity index (χ0) is 29.6. The van der Waals surface area contributed by atoms with Gasteiger partial charge in [0.15, 0.2) is 6.10 Å². The van der Waals surface area contributed by atoms with E-state index < -0.39 is 59.7 Å².